The maximum absolute atomic E-state index is 12.9. The lowest BCUT2D eigenvalue weighted by molar-refractivity contribution is -0.137. The van der Waals surface area contributed by atoms with Crippen molar-refractivity contribution in [1.29, 1.82) is 5.26 Å². The Morgan fingerprint density at radius 2 is 1.82 bits per heavy atom. The molecule has 3 rings (SSSR count). The molecule has 0 aliphatic heterocycles. The normalized spacial score (nSPS) is 11.0. The number of nitriles is 1. The molecule has 0 radical (unpaired) electrons. The average Bonchev–Trinajstić information content (AvgIpc) is 2.68. The van der Waals surface area contributed by atoms with E-state index in [9.17, 15) is 18.0 Å². The van der Waals surface area contributed by atoms with Crippen LogP contribution in [0.2, 0.25) is 5.02 Å². The average molecular weight is 402 g/mol. The molecule has 0 aliphatic carbocycles. The largest absolute Gasteiger partial charge is 0.416 e. The lowest BCUT2D eigenvalue weighted by Crippen LogP contribution is -2.13. The summed E-state index contributed by atoms with van der Waals surface area (Å²) in [7, 11) is 0. The van der Waals surface area contributed by atoms with E-state index in [1.165, 1.54) is 36.7 Å². The Morgan fingerprint density at radius 3 is 2.46 bits per heavy atom. The van der Waals surface area contributed by atoms with E-state index < -0.39 is 17.6 Å². The van der Waals surface area contributed by atoms with Crippen LogP contribution in [-0.4, -0.2) is 10.9 Å². The second-order valence-corrected chi connectivity index (χ2v) is 6.16. The number of anilines is 1. The molecule has 1 heterocycles. The minimum Gasteiger partial charge on any atom is -0.322 e. The van der Waals surface area contributed by atoms with Crippen molar-refractivity contribution in [1.82, 2.24) is 4.98 Å². The van der Waals surface area contributed by atoms with Gasteiger partial charge in [-0.05, 0) is 42.0 Å². The van der Waals surface area contributed by atoms with Gasteiger partial charge in [0, 0.05) is 28.7 Å². The standard InChI is InChI=1S/C20H11ClF3N3O/c21-18-6-3-14(20(22,23)24)9-17(18)12-1-4-15(5-2-12)27-19(28)16-7-8-26-11-13(16)10-25/h1-9,11H,(H,27,28). The second-order valence-electron chi connectivity index (χ2n) is 5.76. The first-order valence-electron chi connectivity index (χ1n) is 7.92. The lowest BCUT2D eigenvalue weighted by Gasteiger charge is -2.12. The minimum absolute atomic E-state index is 0.132. The molecule has 0 unspecified atom stereocenters. The van der Waals surface area contributed by atoms with Crippen LogP contribution in [-0.2, 0) is 6.18 Å². The fourth-order valence-corrected chi connectivity index (χ4v) is 2.76. The molecule has 1 amide bonds. The molecule has 0 saturated carbocycles. The number of nitrogens with one attached hydrogen (secondary N) is 1. The third-order valence-electron chi connectivity index (χ3n) is 3.93. The van der Waals surface area contributed by atoms with Gasteiger partial charge in [0.05, 0.1) is 16.7 Å². The molecule has 0 fully saturated rings. The van der Waals surface area contributed by atoms with E-state index in [-0.39, 0.29) is 21.7 Å². The van der Waals surface area contributed by atoms with Crippen molar-refractivity contribution in [3.8, 4) is 17.2 Å². The molecule has 0 bridgehead atoms. The lowest BCUT2D eigenvalue weighted by atomic mass is 10.0. The number of benzene rings is 2. The van der Waals surface area contributed by atoms with Crippen LogP contribution in [0.25, 0.3) is 11.1 Å². The first-order valence-corrected chi connectivity index (χ1v) is 8.30. The monoisotopic (exact) mass is 401 g/mol. The van der Waals surface area contributed by atoms with Gasteiger partial charge in [0.1, 0.15) is 6.07 Å². The van der Waals surface area contributed by atoms with Crippen molar-refractivity contribution < 1.29 is 18.0 Å². The van der Waals surface area contributed by atoms with Crippen LogP contribution >= 0.6 is 11.6 Å². The molecule has 0 atom stereocenters. The molecule has 4 nitrogen and oxygen atoms in total. The summed E-state index contributed by atoms with van der Waals surface area (Å²) in [5.41, 5.74) is 0.615. The van der Waals surface area contributed by atoms with Crippen molar-refractivity contribution >= 4 is 23.2 Å². The van der Waals surface area contributed by atoms with Crippen molar-refractivity contribution in [3.05, 3.63) is 82.6 Å². The Hall–Kier alpha value is -3.37. The Balaban J connectivity index is 1.85. The number of aromatic nitrogens is 1. The maximum Gasteiger partial charge on any atom is 0.416 e. The van der Waals surface area contributed by atoms with E-state index in [1.54, 1.807) is 12.1 Å². The van der Waals surface area contributed by atoms with Crippen molar-refractivity contribution in [3.63, 3.8) is 0 Å². The van der Waals surface area contributed by atoms with E-state index in [0.717, 1.165) is 12.1 Å². The van der Waals surface area contributed by atoms with Crippen molar-refractivity contribution in [2.45, 2.75) is 6.18 Å². The van der Waals surface area contributed by atoms with Gasteiger partial charge in [-0.1, -0.05) is 23.7 Å². The fraction of sp³-hybridized carbons (Fsp3) is 0.0500. The molecule has 2 aromatic carbocycles. The molecule has 0 aliphatic rings. The number of rotatable bonds is 3. The zero-order valence-electron chi connectivity index (χ0n) is 14.1. The first-order chi connectivity index (χ1) is 13.3. The molecule has 140 valence electrons. The number of carbonyl (C=O) groups is 1. The van der Waals surface area contributed by atoms with Gasteiger partial charge >= 0.3 is 6.18 Å². The summed E-state index contributed by atoms with van der Waals surface area (Å²) in [4.78, 5) is 16.1. The number of pyridine rings is 1. The van der Waals surface area contributed by atoms with E-state index in [0.29, 0.717) is 11.3 Å². The van der Waals surface area contributed by atoms with Gasteiger partial charge in [-0.15, -0.1) is 0 Å². The summed E-state index contributed by atoms with van der Waals surface area (Å²) in [5, 5.41) is 11.9. The summed E-state index contributed by atoms with van der Waals surface area (Å²) < 4.78 is 38.8. The molecular weight excluding hydrogens is 391 g/mol. The van der Waals surface area contributed by atoms with E-state index in [4.69, 9.17) is 16.9 Å². The van der Waals surface area contributed by atoms with Gasteiger partial charge in [0.25, 0.3) is 5.91 Å². The fourth-order valence-electron chi connectivity index (χ4n) is 2.54. The molecule has 1 N–H and O–H groups in total. The van der Waals surface area contributed by atoms with Gasteiger partial charge in [-0.2, -0.15) is 18.4 Å². The predicted molar refractivity (Wildman–Crippen MR) is 98.8 cm³/mol. The van der Waals surface area contributed by atoms with E-state index in [2.05, 4.69) is 10.3 Å². The second kappa shape index (κ2) is 7.71. The van der Waals surface area contributed by atoms with E-state index in [1.807, 2.05) is 6.07 Å². The van der Waals surface area contributed by atoms with E-state index >= 15 is 0 Å². The van der Waals surface area contributed by atoms with Crippen molar-refractivity contribution in [2.24, 2.45) is 0 Å². The summed E-state index contributed by atoms with van der Waals surface area (Å²) in [6.07, 6.45) is -1.79. The zero-order chi connectivity index (χ0) is 20.3. The Bertz CT molecular complexity index is 1070. The van der Waals surface area contributed by atoms with Crippen LogP contribution in [0.1, 0.15) is 21.5 Å². The van der Waals surface area contributed by atoms with Crippen LogP contribution in [0.3, 0.4) is 0 Å². The van der Waals surface area contributed by atoms with Gasteiger partial charge in [0.2, 0.25) is 0 Å². The molecule has 0 saturated heterocycles. The highest BCUT2D eigenvalue weighted by atomic mass is 35.5. The summed E-state index contributed by atoms with van der Waals surface area (Å²) >= 11 is 6.04. The molecule has 28 heavy (non-hydrogen) atoms. The molecule has 1 aromatic heterocycles. The highest BCUT2D eigenvalue weighted by molar-refractivity contribution is 6.33. The highest BCUT2D eigenvalue weighted by Gasteiger charge is 2.31. The number of carbonyl (C=O) groups excluding carboxylic acids is 1. The van der Waals surface area contributed by atoms with Crippen LogP contribution in [0.15, 0.2) is 60.9 Å². The third kappa shape index (κ3) is 4.13. The van der Waals surface area contributed by atoms with Crippen LogP contribution in [0.5, 0.6) is 0 Å². The van der Waals surface area contributed by atoms with Crippen LogP contribution in [0, 0.1) is 11.3 Å². The van der Waals surface area contributed by atoms with Gasteiger partial charge in [0.15, 0.2) is 0 Å². The van der Waals surface area contributed by atoms with Gasteiger partial charge < -0.3 is 5.32 Å². The molecule has 3 aromatic rings. The number of hydrogen-bond donors (Lipinski definition) is 1. The Kier molecular flexibility index (Phi) is 5.34. The van der Waals surface area contributed by atoms with Gasteiger partial charge in [-0.3, -0.25) is 9.78 Å². The summed E-state index contributed by atoms with van der Waals surface area (Å²) in [6.45, 7) is 0. The molecule has 8 heteroatoms. The third-order valence-corrected chi connectivity index (χ3v) is 4.26. The SMILES string of the molecule is N#Cc1cnccc1C(=O)Nc1ccc(-c2cc(C(F)(F)F)ccc2Cl)cc1. The topological polar surface area (TPSA) is 65.8 Å². The van der Waals surface area contributed by atoms with Crippen molar-refractivity contribution in [2.75, 3.05) is 5.32 Å². The number of amides is 1. The Labute approximate surface area is 163 Å². The quantitative estimate of drug-likeness (QED) is 0.626. The number of nitrogens with zero attached hydrogens (tertiary/aromatic N) is 2. The van der Waals surface area contributed by atoms with Crippen LogP contribution in [0.4, 0.5) is 18.9 Å². The Morgan fingerprint density at radius 1 is 1.11 bits per heavy atom. The zero-order valence-corrected chi connectivity index (χ0v) is 14.8. The maximum atomic E-state index is 12.9. The van der Waals surface area contributed by atoms with Gasteiger partial charge in [-0.25, -0.2) is 0 Å². The molecule has 0 spiro atoms. The van der Waals surface area contributed by atoms with Crippen LogP contribution < -0.4 is 5.32 Å². The number of halogens is 4. The number of hydrogen-bond acceptors (Lipinski definition) is 3. The smallest absolute Gasteiger partial charge is 0.322 e. The minimum atomic E-state index is -4.48. The first kappa shape index (κ1) is 19.4. The summed E-state index contributed by atoms with van der Waals surface area (Å²) in [6, 6.07) is 12.6. The highest BCUT2D eigenvalue weighted by Crippen LogP contribution is 2.36. The molecular formula is C20H11ClF3N3O. The number of alkyl halides is 3. The predicted octanol–water partition coefficient (Wildman–Crippen LogP) is 5.54. The summed E-state index contributed by atoms with van der Waals surface area (Å²) in [5.74, 6) is -0.496.